The summed E-state index contributed by atoms with van der Waals surface area (Å²) in [5.74, 6) is 0. The Morgan fingerprint density at radius 1 is 1.17 bits per heavy atom. The highest BCUT2D eigenvalue weighted by molar-refractivity contribution is 4.78. The molecule has 0 aromatic rings. The van der Waals surface area contributed by atoms with Gasteiger partial charge in [0.25, 0.3) is 0 Å². The van der Waals surface area contributed by atoms with Gasteiger partial charge in [0, 0.05) is 0 Å². The van der Waals surface area contributed by atoms with Gasteiger partial charge >= 0.3 is 0 Å². The van der Waals surface area contributed by atoms with E-state index in [0.717, 1.165) is 0 Å². The number of hydrogen-bond donors (Lipinski definition) is 2. The third-order valence-corrected chi connectivity index (χ3v) is 1.14. The van der Waals surface area contributed by atoms with Crippen LogP contribution in [0.25, 0.3) is 0 Å². The number of aliphatic hydroxyl groups is 2. The summed E-state index contributed by atoms with van der Waals surface area (Å²) < 4.78 is 0. The van der Waals surface area contributed by atoms with Crippen molar-refractivity contribution in [1.29, 1.82) is 0 Å². The van der Waals surface area contributed by atoms with E-state index in [1.165, 1.54) is 31.4 Å². The largest absolute Gasteiger partial charge is 0.392 e. The minimum absolute atomic E-state index is 0.0144. The summed E-state index contributed by atoms with van der Waals surface area (Å²) in [6.45, 7) is 5.81. The maximum atomic E-state index is 8.00. The smallest absolute Gasteiger partial charge is 0.0613 e. The van der Waals surface area contributed by atoms with E-state index < -0.39 is 0 Å². The first-order chi connectivity index (χ1) is 5.83. The van der Waals surface area contributed by atoms with Gasteiger partial charge in [-0.2, -0.15) is 0 Å². The van der Waals surface area contributed by atoms with Crippen LogP contribution in [-0.2, 0) is 0 Å². The van der Waals surface area contributed by atoms with E-state index >= 15 is 0 Å². The summed E-state index contributed by atoms with van der Waals surface area (Å²) in [6.07, 6.45) is 8.69. The fourth-order valence-electron chi connectivity index (χ4n) is 0.498. The molecule has 0 aliphatic carbocycles. The molecule has 2 heteroatoms. The zero-order valence-corrected chi connectivity index (χ0v) is 7.87. The first-order valence-electron chi connectivity index (χ1n) is 4.31. The van der Waals surface area contributed by atoms with Gasteiger partial charge < -0.3 is 10.2 Å². The van der Waals surface area contributed by atoms with Crippen LogP contribution in [0, 0.1) is 0 Å². The van der Waals surface area contributed by atoms with Crippen molar-refractivity contribution in [2.75, 3.05) is 13.2 Å². The summed E-state index contributed by atoms with van der Waals surface area (Å²) >= 11 is 0. The Labute approximate surface area is 75.2 Å². The molecule has 0 aliphatic heterocycles. The molecule has 0 heterocycles. The van der Waals surface area contributed by atoms with Crippen LogP contribution in [0.1, 0.15) is 26.2 Å². The van der Waals surface area contributed by atoms with Crippen LogP contribution in [0.15, 0.2) is 24.8 Å². The molecule has 0 aromatic carbocycles. The van der Waals surface area contributed by atoms with Crippen molar-refractivity contribution in [3.63, 3.8) is 0 Å². The summed E-state index contributed by atoms with van der Waals surface area (Å²) in [5, 5.41) is 16.0. The summed E-state index contributed by atoms with van der Waals surface area (Å²) in [4.78, 5) is 0. The van der Waals surface area contributed by atoms with Gasteiger partial charge in [0.15, 0.2) is 0 Å². The molecule has 0 atom stereocenters. The molecule has 0 saturated heterocycles. The van der Waals surface area contributed by atoms with Gasteiger partial charge in [-0.3, -0.25) is 0 Å². The molecular formula is C10H20O2. The summed E-state index contributed by atoms with van der Waals surface area (Å²) in [6, 6.07) is 0. The SMILES string of the molecule is C=CCCCC.OCC=CCO. The van der Waals surface area contributed by atoms with Gasteiger partial charge in [0.1, 0.15) is 0 Å². The van der Waals surface area contributed by atoms with Crippen LogP contribution in [0.2, 0.25) is 0 Å². The van der Waals surface area contributed by atoms with E-state index in [9.17, 15) is 0 Å². The van der Waals surface area contributed by atoms with Gasteiger partial charge in [0.2, 0.25) is 0 Å². The van der Waals surface area contributed by atoms with E-state index in [1.807, 2.05) is 6.08 Å². The van der Waals surface area contributed by atoms with E-state index in [4.69, 9.17) is 10.2 Å². The Balaban J connectivity index is 0. The van der Waals surface area contributed by atoms with Crippen molar-refractivity contribution in [2.24, 2.45) is 0 Å². The highest BCUT2D eigenvalue weighted by atomic mass is 16.3. The zero-order valence-electron chi connectivity index (χ0n) is 7.87. The molecule has 0 bridgehead atoms. The molecule has 2 nitrogen and oxygen atoms in total. The van der Waals surface area contributed by atoms with Crippen LogP contribution in [0.5, 0.6) is 0 Å². The van der Waals surface area contributed by atoms with Crippen LogP contribution >= 0.6 is 0 Å². The molecule has 0 unspecified atom stereocenters. The molecule has 0 aliphatic rings. The number of aliphatic hydroxyl groups excluding tert-OH is 2. The van der Waals surface area contributed by atoms with E-state index in [0.29, 0.717) is 0 Å². The maximum Gasteiger partial charge on any atom is 0.0613 e. The third-order valence-electron chi connectivity index (χ3n) is 1.14. The topological polar surface area (TPSA) is 40.5 Å². The van der Waals surface area contributed by atoms with Crippen molar-refractivity contribution >= 4 is 0 Å². The highest BCUT2D eigenvalue weighted by Gasteiger charge is 1.71. The zero-order chi connectivity index (χ0) is 9.66. The molecule has 0 saturated carbocycles. The predicted molar refractivity (Wildman–Crippen MR) is 53.0 cm³/mol. The Morgan fingerprint density at radius 3 is 1.83 bits per heavy atom. The Kier molecular flexibility index (Phi) is 19.5. The highest BCUT2D eigenvalue weighted by Crippen LogP contribution is 1.91. The van der Waals surface area contributed by atoms with Crippen LogP contribution < -0.4 is 0 Å². The first-order valence-corrected chi connectivity index (χ1v) is 4.31. The maximum absolute atomic E-state index is 8.00. The van der Waals surface area contributed by atoms with Crippen molar-refractivity contribution in [1.82, 2.24) is 0 Å². The lowest BCUT2D eigenvalue weighted by molar-refractivity contribution is 0.329. The molecule has 12 heavy (non-hydrogen) atoms. The lowest BCUT2D eigenvalue weighted by atomic mass is 10.3. The molecule has 0 rings (SSSR count). The standard InChI is InChI=1S/C6H12.C4H8O2/c1-3-5-6-4-2;5-3-1-2-4-6/h3H,1,4-6H2,2H3;1-2,5-6H,3-4H2. The molecule has 72 valence electrons. The number of unbranched alkanes of at least 4 members (excludes halogenated alkanes) is 2. The fraction of sp³-hybridized carbons (Fsp3) is 0.600. The van der Waals surface area contributed by atoms with Crippen molar-refractivity contribution < 1.29 is 10.2 Å². The lowest BCUT2D eigenvalue weighted by Gasteiger charge is -1.81. The van der Waals surface area contributed by atoms with Gasteiger partial charge in [-0.05, 0) is 6.42 Å². The number of allylic oxidation sites excluding steroid dienone is 1. The molecule has 0 spiro atoms. The predicted octanol–water partition coefficient (Wildman–Crippen LogP) is 1.89. The summed E-state index contributed by atoms with van der Waals surface area (Å²) in [5.41, 5.74) is 0. The molecule has 0 amide bonds. The average molecular weight is 172 g/mol. The second-order valence-electron chi connectivity index (χ2n) is 2.27. The van der Waals surface area contributed by atoms with E-state index in [1.54, 1.807) is 0 Å². The van der Waals surface area contributed by atoms with Gasteiger partial charge in [0.05, 0.1) is 13.2 Å². The van der Waals surface area contributed by atoms with E-state index in [-0.39, 0.29) is 13.2 Å². The van der Waals surface area contributed by atoms with Gasteiger partial charge in [-0.15, -0.1) is 6.58 Å². The number of hydrogen-bond acceptors (Lipinski definition) is 2. The van der Waals surface area contributed by atoms with Crippen LogP contribution in [0.4, 0.5) is 0 Å². The third kappa shape index (κ3) is 22.7. The monoisotopic (exact) mass is 172 g/mol. The van der Waals surface area contributed by atoms with Crippen molar-refractivity contribution in [3.05, 3.63) is 24.8 Å². The van der Waals surface area contributed by atoms with Crippen molar-refractivity contribution in [2.45, 2.75) is 26.2 Å². The average Bonchev–Trinajstić information content (AvgIpc) is 2.12. The van der Waals surface area contributed by atoms with E-state index in [2.05, 4.69) is 13.5 Å². The first kappa shape index (κ1) is 14.0. The number of rotatable bonds is 5. The van der Waals surface area contributed by atoms with Crippen molar-refractivity contribution in [3.8, 4) is 0 Å². The Morgan fingerprint density at radius 2 is 1.67 bits per heavy atom. The van der Waals surface area contributed by atoms with Crippen LogP contribution in [-0.4, -0.2) is 23.4 Å². The fourth-order valence-corrected chi connectivity index (χ4v) is 0.498. The lowest BCUT2D eigenvalue weighted by Crippen LogP contribution is -1.74. The second kappa shape index (κ2) is 16.8. The molecule has 2 N–H and O–H groups in total. The Bertz CT molecular complexity index is 92.0. The molecule has 0 fully saturated rings. The molecule has 0 aromatic heterocycles. The van der Waals surface area contributed by atoms with Crippen LogP contribution in [0.3, 0.4) is 0 Å². The Hall–Kier alpha value is -0.600. The summed E-state index contributed by atoms with van der Waals surface area (Å²) in [7, 11) is 0. The quantitative estimate of drug-likeness (QED) is 0.491. The van der Waals surface area contributed by atoms with Gasteiger partial charge in [-0.1, -0.05) is 38.0 Å². The minimum atomic E-state index is 0.0144. The molecule has 0 radical (unpaired) electrons. The van der Waals surface area contributed by atoms with Gasteiger partial charge in [-0.25, -0.2) is 0 Å². The molecular weight excluding hydrogens is 152 g/mol. The second-order valence-corrected chi connectivity index (χ2v) is 2.27. The normalized spacial score (nSPS) is 9.25. The minimum Gasteiger partial charge on any atom is -0.392 e.